The van der Waals surface area contributed by atoms with Crippen LogP contribution in [0.4, 0.5) is 13.2 Å². The molecule has 1 aliphatic heterocycles. The van der Waals surface area contributed by atoms with Gasteiger partial charge in [0.05, 0.1) is 5.56 Å². The monoisotopic (exact) mass is 553 g/mol. The van der Waals surface area contributed by atoms with Crippen molar-refractivity contribution in [1.29, 1.82) is 5.26 Å². The van der Waals surface area contributed by atoms with Gasteiger partial charge < -0.3 is 14.7 Å². The van der Waals surface area contributed by atoms with Gasteiger partial charge in [-0.2, -0.15) is 23.4 Å². The molecule has 2 aromatic carbocycles. The number of nitrogens with zero attached hydrogens (tertiary/aromatic N) is 4. The maximum absolute atomic E-state index is 13.6. The van der Waals surface area contributed by atoms with Crippen LogP contribution in [-0.2, 0) is 19.0 Å². The number of ether oxygens (including phenoxy) is 1. The number of nitrogens with one attached hydrogen (secondary N) is 1. The van der Waals surface area contributed by atoms with E-state index in [4.69, 9.17) is 4.74 Å². The molecule has 0 amide bonds. The second-order valence-electron chi connectivity index (χ2n) is 10.0. The van der Waals surface area contributed by atoms with E-state index < -0.39 is 23.8 Å². The molecule has 0 spiro atoms. The molecule has 2 heterocycles. The number of alkyl halides is 3. The topological polar surface area (TPSA) is 94.3 Å². The van der Waals surface area contributed by atoms with Crippen LogP contribution in [0.3, 0.4) is 0 Å². The van der Waals surface area contributed by atoms with Crippen LogP contribution in [0, 0.1) is 18.3 Å². The van der Waals surface area contributed by atoms with Gasteiger partial charge in [0.25, 0.3) is 0 Å². The number of aromatic nitrogens is 2. The van der Waals surface area contributed by atoms with Crippen molar-refractivity contribution in [3.05, 3.63) is 82.3 Å². The predicted octanol–water partition coefficient (Wildman–Crippen LogP) is 5.71. The number of rotatable bonds is 10. The van der Waals surface area contributed by atoms with Crippen LogP contribution in [0.1, 0.15) is 66.1 Å². The first-order chi connectivity index (χ1) is 19.2. The lowest BCUT2D eigenvalue weighted by Crippen LogP contribution is -2.43. The summed E-state index contributed by atoms with van der Waals surface area (Å²) in [5.41, 5.74) is 1.93. The van der Waals surface area contributed by atoms with Gasteiger partial charge in [0.2, 0.25) is 5.88 Å². The third-order valence-corrected chi connectivity index (χ3v) is 7.28. The van der Waals surface area contributed by atoms with Crippen LogP contribution in [0.15, 0.2) is 48.7 Å². The maximum atomic E-state index is 13.6. The van der Waals surface area contributed by atoms with Gasteiger partial charge in [0.1, 0.15) is 29.4 Å². The molecule has 1 aliphatic rings. The largest absolute Gasteiger partial charge is 0.437 e. The Hall–Kier alpha value is -3.52. The van der Waals surface area contributed by atoms with Crippen molar-refractivity contribution < 1.29 is 23.0 Å². The molecule has 0 aliphatic carbocycles. The highest BCUT2D eigenvalue weighted by Crippen LogP contribution is 2.37. The van der Waals surface area contributed by atoms with Crippen LogP contribution in [0.5, 0.6) is 11.6 Å². The van der Waals surface area contributed by atoms with Crippen molar-refractivity contribution in [1.82, 2.24) is 20.2 Å². The molecular weight excluding hydrogens is 519 g/mol. The summed E-state index contributed by atoms with van der Waals surface area (Å²) in [5.74, 6) is -0.401. The first kappa shape index (κ1) is 29.5. The Labute approximate surface area is 232 Å². The summed E-state index contributed by atoms with van der Waals surface area (Å²) < 4.78 is 46.2. The third kappa shape index (κ3) is 7.56. The number of aliphatic hydroxyl groups excluding tert-OH is 1. The molecule has 4 rings (SSSR count). The third-order valence-electron chi connectivity index (χ3n) is 7.28. The Morgan fingerprint density at radius 3 is 2.60 bits per heavy atom. The van der Waals surface area contributed by atoms with Crippen LogP contribution in [0.25, 0.3) is 0 Å². The smallest absolute Gasteiger partial charge is 0.423 e. The summed E-state index contributed by atoms with van der Waals surface area (Å²) in [5, 5.41) is 23.3. The number of likely N-dealkylation sites (tertiary alicyclic amines) is 1. The van der Waals surface area contributed by atoms with Gasteiger partial charge >= 0.3 is 6.18 Å². The van der Waals surface area contributed by atoms with E-state index in [0.29, 0.717) is 19.3 Å². The molecule has 1 fully saturated rings. The number of para-hydroxylation sites is 1. The minimum atomic E-state index is -4.71. The molecule has 0 saturated carbocycles. The number of benzene rings is 2. The molecule has 212 valence electrons. The van der Waals surface area contributed by atoms with E-state index in [1.165, 1.54) is 12.1 Å². The zero-order valence-electron chi connectivity index (χ0n) is 22.7. The fraction of sp³-hybridized carbons (Fsp3) is 0.433. The lowest BCUT2D eigenvalue weighted by Gasteiger charge is -2.33. The number of nitriles is 1. The van der Waals surface area contributed by atoms with Gasteiger partial charge in [-0.3, -0.25) is 5.32 Å². The molecule has 10 heteroatoms. The Balaban J connectivity index is 1.38. The van der Waals surface area contributed by atoms with Gasteiger partial charge in [-0.05, 0) is 81.1 Å². The Morgan fingerprint density at radius 2 is 1.93 bits per heavy atom. The summed E-state index contributed by atoms with van der Waals surface area (Å²) in [6.07, 6.45) is -1.09. The van der Waals surface area contributed by atoms with Crippen LogP contribution < -0.4 is 10.1 Å². The van der Waals surface area contributed by atoms with Crippen molar-refractivity contribution in [3.63, 3.8) is 0 Å². The number of aliphatic hydroxyl groups is 1. The number of halogens is 3. The Kier molecular flexibility index (Phi) is 9.74. The van der Waals surface area contributed by atoms with E-state index in [1.807, 2.05) is 31.2 Å². The standard InChI is InChI=1S/C30H34F3N5O2/c1-3-38-15-13-24(14-16-38)36-28(39)22-12-11-21(20(2)17-22)8-6-10-27-35-19-25(30(31,32)33)29(37-27)40-26-9-5-4-7-23(26)18-34/h4-5,7,9,11-12,17,19,24,28,36,39H,3,6,8,10,13-16H2,1-2H3. The van der Waals surface area contributed by atoms with Crippen molar-refractivity contribution in [2.24, 2.45) is 0 Å². The first-order valence-corrected chi connectivity index (χ1v) is 13.5. The van der Waals surface area contributed by atoms with Gasteiger partial charge in [0, 0.05) is 18.7 Å². The van der Waals surface area contributed by atoms with Gasteiger partial charge in [-0.25, -0.2) is 4.98 Å². The minimum Gasteiger partial charge on any atom is -0.437 e. The van der Waals surface area contributed by atoms with Crippen molar-refractivity contribution >= 4 is 0 Å². The molecular formula is C30H34F3N5O2. The summed E-state index contributed by atoms with van der Waals surface area (Å²) in [6.45, 7) is 7.25. The molecule has 7 nitrogen and oxygen atoms in total. The fourth-order valence-corrected chi connectivity index (χ4v) is 4.89. The van der Waals surface area contributed by atoms with Gasteiger partial charge in [-0.15, -0.1) is 0 Å². The molecule has 1 aromatic heterocycles. The van der Waals surface area contributed by atoms with Crippen LogP contribution in [0.2, 0.25) is 0 Å². The molecule has 0 radical (unpaired) electrons. The summed E-state index contributed by atoms with van der Waals surface area (Å²) in [4.78, 5) is 10.4. The molecule has 3 aromatic rings. The van der Waals surface area contributed by atoms with Crippen molar-refractivity contribution in [2.75, 3.05) is 19.6 Å². The fourth-order valence-electron chi connectivity index (χ4n) is 4.89. The highest BCUT2D eigenvalue weighted by atomic mass is 19.4. The number of hydrogen-bond acceptors (Lipinski definition) is 7. The summed E-state index contributed by atoms with van der Waals surface area (Å²) in [7, 11) is 0. The van der Waals surface area contributed by atoms with Crippen LogP contribution >= 0.6 is 0 Å². The van der Waals surface area contributed by atoms with Crippen molar-refractivity contribution in [2.45, 2.75) is 64.4 Å². The lowest BCUT2D eigenvalue weighted by molar-refractivity contribution is -0.139. The van der Waals surface area contributed by atoms with E-state index in [9.17, 15) is 23.5 Å². The molecule has 0 bridgehead atoms. The number of hydrogen-bond donors (Lipinski definition) is 2. The molecule has 1 unspecified atom stereocenters. The summed E-state index contributed by atoms with van der Waals surface area (Å²) >= 11 is 0. The quantitative estimate of drug-likeness (QED) is 0.311. The number of aryl methyl sites for hydroxylation is 3. The summed E-state index contributed by atoms with van der Waals surface area (Å²) in [6, 6.07) is 14.1. The van der Waals surface area contributed by atoms with Crippen molar-refractivity contribution in [3.8, 4) is 17.7 Å². The van der Waals surface area contributed by atoms with Gasteiger partial charge in [-0.1, -0.05) is 37.3 Å². The zero-order valence-corrected chi connectivity index (χ0v) is 22.7. The molecule has 2 N–H and O–H groups in total. The SMILES string of the molecule is CCN1CCC(NC(O)c2ccc(CCCc3ncc(C(F)(F)F)c(Oc4ccccc4C#N)n3)c(C)c2)CC1. The highest BCUT2D eigenvalue weighted by molar-refractivity contribution is 5.45. The normalized spacial score (nSPS) is 15.5. The number of piperidine rings is 1. The highest BCUT2D eigenvalue weighted by Gasteiger charge is 2.36. The van der Waals surface area contributed by atoms with Crippen LogP contribution in [-0.4, -0.2) is 45.7 Å². The van der Waals surface area contributed by atoms with Gasteiger partial charge in [0.15, 0.2) is 0 Å². The van der Waals surface area contributed by atoms with E-state index in [1.54, 1.807) is 12.1 Å². The second kappa shape index (κ2) is 13.2. The second-order valence-corrected chi connectivity index (χ2v) is 10.0. The van der Waals surface area contributed by atoms with E-state index in [2.05, 4.69) is 27.1 Å². The average Bonchev–Trinajstić information content (AvgIpc) is 2.94. The van der Waals surface area contributed by atoms with E-state index in [0.717, 1.165) is 55.4 Å². The average molecular weight is 554 g/mol. The lowest BCUT2D eigenvalue weighted by atomic mass is 9.99. The minimum absolute atomic E-state index is 0.000962. The Morgan fingerprint density at radius 1 is 1.18 bits per heavy atom. The first-order valence-electron chi connectivity index (χ1n) is 13.5. The molecule has 40 heavy (non-hydrogen) atoms. The van der Waals surface area contributed by atoms with E-state index >= 15 is 0 Å². The Bertz CT molecular complexity index is 1330. The predicted molar refractivity (Wildman–Crippen MR) is 145 cm³/mol. The maximum Gasteiger partial charge on any atom is 0.423 e. The molecule has 1 saturated heterocycles. The zero-order chi connectivity index (χ0) is 28.7. The van der Waals surface area contributed by atoms with E-state index in [-0.39, 0.29) is 23.2 Å². The molecule has 1 atom stereocenters.